The van der Waals surface area contributed by atoms with E-state index < -0.39 is 0 Å². The van der Waals surface area contributed by atoms with E-state index in [4.69, 9.17) is 0 Å². The molecule has 1 heterocycles. The van der Waals surface area contributed by atoms with Crippen LogP contribution in [-0.4, -0.2) is 30.7 Å². The second-order valence-electron chi connectivity index (χ2n) is 11.7. The van der Waals surface area contributed by atoms with Crippen LogP contribution < -0.4 is 0 Å². The highest BCUT2D eigenvalue weighted by molar-refractivity contribution is 4.57. The SMILES string of the molecule is CCCCCCCCCCCCCCCCCCC[N+]1(CCCCCCCCC)CCCC1. The molecule has 1 aliphatic heterocycles. The van der Waals surface area contributed by atoms with Gasteiger partial charge in [-0.3, -0.25) is 0 Å². The zero-order chi connectivity index (χ0) is 23.7. The van der Waals surface area contributed by atoms with Crippen molar-refractivity contribution in [2.24, 2.45) is 0 Å². The number of nitrogens with zero attached hydrogens (tertiary/aromatic N) is 1. The van der Waals surface area contributed by atoms with E-state index in [1.807, 2.05) is 0 Å². The Hall–Kier alpha value is -0.0400. The Morgan fingerprint density at radius 1 is 0.333 bits per heavy atom. The Kier molecular flexibility index (Phi) is 22.2. The van der Waals surface area contributed by atoms with Gasteiger partial charge in [-0.25, -0.2) is 0 Å². The van der Waals surface area contributed by atoms with E-state index in [1.165, 1.54) is 198 Å². The second-order valence-corrected chi connectivity index (χ2v) is 11.7. The van der Waals surface area contributed by atoms with Crippen molar-refractivity contribution in [1.82, 2.24) is 0 Å². The molecular formula is C32H66N+. The van der Waals surface area contributed by atoms with Gasteiger partial charge >= 0.3 is 0 Å². The molecule has 198 valence electrons. The van der Waals surface area contributed by atoms with Crippen LogP contribution in [0.1, 0.15) is 181 Å². The molecule has 0 aromatic carbocycles. The third kappa shape index (κ3) is 18.9. The average Bonchev–Trinajstić information content (AvgIpc) is 3.29. The van der Waals surface area contributed by atoms with Gasteiger partial charge in [-0.15, -0.1) is 0 Å². The minimum absolute atomic E-state index is 1.37. The van der Waals surface area contributed by atoms with Gasteiger partial charge in [0.15, 0.2) is 0 Å². The molecule has 0 N–H and O–H groups in total. The van der Waals surface area contributed by atoms with Crippen LogP contribution in [0.4, 0.5) is 0 Å². The van der Waals surface area contributed by atoms with Gasteiger partial charge < -0.3 is 4.48 Å². The fourth-order valence-corrected chi connectivity index (χ4v) is 6.14. The second kappa shape index (κ2) is 23.7. The predicted molar refractivity (Wildman–Crippen MR) is 151 cm³/mol. The lowest BCUT2D eigenvalue weighted by atomic mass is 10.0. The van der Waals surface area contributed by atoms with Gasteiger partial charge in [-0.2, -0.15) is 0 Å². The molecule has 0 amide bonds. The van der Waals surface area contributed by atoms with Gasteiger partial charge in [-0.05, 0) is 25.7 Å². The van der Waals surface area contributed by atoms with E-state index >= 15 is 0 Å². The van der Waals surface area contributed by atoms with Crippen LogP contribution in [0.25, 0.3) is 0 Å². The molecule has 0 saturated carbocycles. The first kappa shape index (κ1) is 31.0. The third-order valence-electron chi connectivity index (χ3n) is 8.49. The lowest BCUT2D eigenvalue weighted by Crippen LogP contribution is -2.46. The van der Waals surface area contributed by atoms with Crippen molar-refractivity contribution >= 4 is 0 Å². The molecule has 0 unspecified atom stereocenters. The monoisotopic (exact) mass is 465 g/mol. The first-order chi connectivity index (χ1) is 16.3. The Morgan fingerprint density at radius 3 is 0.848 bits per heavy atom. The summed E-state index contributed by atoms with van der Waals surface area (Å²) in [7, 11) is 0. The van der Waals surface area contributed by atoms with E-state index in [2.05, 4.69) is 13.8 Å². The summed E-state index contributed by atoms with van der Waals surface area (Å²) < 4.78 is 1.49. The minimum atomic E-state index is 1.37. The summed E-state index contributed by atoms with van der Waals surface area (Å²) >= 11 is 0. The summed E-state index contributed by atoms with van der Waals surface area (Å²) in [5, 5.41) is 0. The molecule has 1 aliphatic rings. The van der Waals surface area contributed by atoms with E-state index in [0.29, 0.717) is 0 Å². The molecule has 0 radical (unpaired) electrons. The fraction of sp³-hybridized carbons (Fsp3) is 1.00. The number of rotatable bonds is 26. The first-order valence-electron chi connectivity index (χ1n) is 16.2. The van der Waals surface area contributed by atoms with E-state index in [1.54, 1.807) is 0 Å². The van der Waals surface area contributed by atoms with Crippen LogP contribution in [0.5, 0.6) is 0 Å². The van der Waals surface area contributed by atoms with E-state index in [-0.39, 0.29) is 0 Å². The number of likely N-dealkylation sites (tertiary alicyclic amines) is 1. The summed E-state index contributed by atoms with van der Waals surface area (Å²) in [6.07, 6.45) is 38.4. The molecule has 1 heteroatoms. The maximum absolute atomic E-state index is 2.32. The van der Waals surface area contributed by atoms with Gasteiger partial charge in [-0.1, -0.05) is 142 Å². The van der Waals surface area contributed by atoms with Crippen molar-refractivity contribution in [1.29, 1.82) is 0 Å². The maximum atomic E-state index is 2.32. The molecule has 33 heavy (non-hydrogen) atoms. The predicted octanol–water partition coefficient (Wildman–Crippen LogP) is 11.0. The van der Waals surface area contributed by atoms with E-state index in [9.17, 15) is 0 Å². The van der Waals surface area contributed by atoms with Crippen LogP contribution in [0.15, 0.2) is 0 Å². The van der Waals surface area contributed by atoms with Gasteiger partial charge in [0.2, 0.25) is 0 Å². The Labute approximate surface area is 211 Å². The Morgan fingerprint density at radius 2 is 0.576 bits per heavy atom. The van der Waals surface area contributed by atoms with E-state index in [0.717, 1.165) is 0 Å². The number of hydrogen-bond acceptors (Lipinski definition) is 0. The molecule has 1 rings (SSSR count). The summed E-state index contributed by atoms with van der Waals surface area (Å²) in [5.41, 5.74) is 0. The number of quaternary nitrogens is 1. The van der Waals surface area contributed by atoms with Crippen molar-refractivity contribution < 1.29 is 4.48 Å². The number of hydrogen-bond donors (Lipinski definition) is 0. The van der Waals surface area contributed by atoms with Crippen LogP contribution in [0, 0.1) is 0 Å². The zero-order valence-corrected chi connectivity index (χ0v) is 23.7. The Bertz CT molecular complexity index is 371. The van der Waals surface area contributed by atoms with Crippen molar-refractivity contribution in [3.8, 4) is 0 Å². The van der Waals surface area contributed by atoms with Crippen molar-refractivity contribution in [3.05, 3.63) is 0 Å². The standard InChI is InChI=1S/C32H66N/c1-3-5-7-9-11-12-13-14-15-16-17-18-19-20-22-24-26-30-33(31-27-28-32-33)29-25-23-21-10-8-6-4-2/h3-32H2,1-2H3/q+1. The lowest BCUT2D eigenvalue weighted by Gasteiger charge is -2.34. The molecule has 0 spiro atoms. The van der Waals surface area contributed by atoms with Gasteiger partial charge in [0, 0.05) is 12.8 Å². The molecule has 0 bridgehead atoms. The molecule has 1 fully saturated rings. The van der Waals surface area contributed by atoms with Crippen LogP contribution in [-0.2, 0) is 0 Å². The topological polar surface area (TPSA) is 0 Å². The molecule has 0 atom stereocenters. The number of unbranched alkanes of at least 4 members (excludes halogenated alkanes) is 22. The van der Waals surface area contributed by atoms with Crippen molar-refractivity contribution in [2.75, 3.05) is 26.2 Å². The van der Waals surface area contributed by atoms with Gasteiger partial charge in [0.1, 0.15) is 0 Å². The maximum Gasteiger partial charge on any atom is 0.0788 e. The lowest BCUT2D eigenvalue weighted by molar-refractivity contribution is -0.917. The smallest absolute Gasteiger partial charge is 0.0788 e. The van der Waals surface area contributed by atoms with Crippen molar-refractivity contribution in [2.45, 2.75) is 181 Å². The van der Waals surface area contributed by atoms with Crippen LogP contribution >= 0.6 is 0 Å². The van der Waals surface area contributed by atoms with Crippen LogP contribution in [0.2, 0.25) is 0 Å². The molecular weight excluding hydrogens is 398 g/mol. The molecule has 0 aliphatic carbocycles. The molecule has 0 aromatic heterocycles. The van der Waals surface area contributed by atoms with Gasteiger partial charge in [0.05, 0.1) is 26.2 Å². The largest absolute Gasteiger partial charge is 0.324 e. The Balaban J connectivity index is 1.85. The molecule has 0 aromatic rings. The zero-order valence-electron chi connectivity index (χ0n) is 23.7. The van der Waals surface area contributed by atoms with Crippen molar-refractivity contribution in [3.63, 3.8) is 0 Å². The highest BCUT2D eigenvalue weighted by atomic mass is 15.4. The fourth-order valence-electron chi connectivity index (χ4n) is 6.14. The summed E-state index contributed by atoms with van der Waals surface area (Å²) in [4.78, 5) is 0. The molecule has 1 nitrogen and oxygen atoms in total. The minimum Gasteiger partial charge on any atom is -0.324 e. The molecule has 1 saturated heterocycles. The van der Waals surface area contributed by atoms with Crippen LogP contribution in [0.3, 0.4) is 0 Å². The normalized spacial score (nSPS) is 15.5. The van der Waals surface area contributed by atoms with Gasteiger partial charge in [0.25, 0.3) is 0 Å². The average molecular weight is 465 g/mol. The summed E-state index contributed by atoms with van der Waals surface area (Å²) in [5.74, 6) is 0. The third-order valence-corrected chi connectivity index (χ3v) is 8.49. The quantitative estimate of drug-likeness (QED) is 0.0881. The summed E-state index contributed by atoms with van der Waals surface area (Å²) in [6.45, 7) is 10.6. The highest BCUT2D eigenvalue weighted by Gasteiger charge is 2.30. The summed E-state index contributed by atoms with van der Waals surface area (Å²) in [6, 6.07) is 0. The highest BCUT2D eigenvalue weighted by Crippen LogP contribution is 2.23. The first-order valence-corrected chi connectivity index (χ1v) is 16.2.